The molecule has 2 heteroatoms. The van der Waals surface area contributed by atoms with E-state index in [4.69, 9.17) is 0 Å². The first-order valence-electron chi connectivity index (χ1n) is 4.77. The molecule has 12 heavy (non-hydrogen) atoms. The molecule has 0 spiro atoms. The Kier molecular flexibility index (Phi) is 1.91. The van der Waals surface area contributed by atoms with Crippen molar-refractivity contribution in [2.24, 2.45) is 5.92 Å². The zero-order valence-corrected chi connectivity index (χ0v) is 7.80. The van der Waals surface area contributed by atoms with Crippen LogP contribution in [0.15, 0.2) is 6.20 Å². The molecule has 66 valence electrons. The average molecular weight is 164 g/mol. The second kappa shape index (κ2) is 2.92. The van der Waals surface area contributed by atoms with E-state index in [9.17, 15) is 0 Å². The number of aryl methyl sites for hydroxylation is 1. The number of imidazole rings is 1. The van der Waals surface area contributed by atoms with E-state index in [0.717, 1.165) is 17.7 Å². The average Bonchev–Trinajstić information content (AvgIpc) is 2.58. The van der Waals surface area contributed by atoms with Crippen LogP contribution in [0.25, 0.3) is 0 Å². The van der Waals surface area contributed by atoms with Gasteiger partial charge in [-0.25, -0.2) is 4.98 Å². The Labute approximate surface area is 73.4 Å². The lowest BCUT2D eigenvalue weighted by Gasteiger charge is -2.05. The number of hydrogen-bond acceptors (Lipinski definition) is 1. The Morgan fingerprint density at radius 1 is 1.50 bits per heavy atom. The number of aromatic amines is 1. The lowest BCUT2D eigenvalue weighted by Crippen LogP contribution is -1.93. The van der Waals surface area contributed by atoms with Gasteiger partial charge in [-0.1, -0.05) is 13.3 Å². The largest absolute Gasteiger partial charge is 0.346 e. The minimum Gasteiger partial charge on any atom is -0.346 e. The highest BCUT2D eigenvalue weighted by Crippen LogP contribution is 2.36. The van der Waals surface area contributed by atoms with E-state index in [1.165, 1.54) is 25.0 Å². The number of H-pyrrole nitrogens is 1. The maximum Gasteiger partial charge on any atom is 0.103 e. The van der Waals surface area contributed by atoms with Gasteiger partial charge in [-0.3, -0.25) is 0 Å². The molecule has 0 bridgehead atoms. The summed E-state index contributed by atoms with van der Waals surface area (Å²) in [6.45, 7) is 4.35. The third-order valence-corrected chi connectivity index (χ3v) is 2.86. The van der Waals surface area contributed by atoms with Gasteiger partial charge in [0.25, 0.3) is 0 Å². The molecule has 1 aromatic heterocycles. The van der Waals surface area contributed by atoms with Crippen molar-refractivity contribution in [3.8, 4) is 0 Å². The molecule has 2 nitrogen and oxygen atoms in total. The highest BCUT2D eigenvalue weighted by Gasteiger charge is 2.23. The summed E-state index contributed by atoms with van der Waals surface area (Å²) in [5.74, 6) is 2.70. The first kappa shape index (κ1) is 7.84. The number of nitrogens with one attached hydrogen (secondary N) is 1. The number of nitrogens with zero attached hydrogens (tertiary/aromatic N) is 1. The molecule has 0 radical (unpaired) electrons. The summed E-state index contributed by atoms with van der Waals surface area (Å²) >= 11 is 0. The van der Waals surface area contributed by atoms with Crippen molar-refractivity contribution in [1.29, 1.82) is 0 Å². The molecule has 2 atom stereocenters. The summed E-state index contributed by atoms with van der Waals surface area (Å²) in [6.07, 6.45) is 6.05. The highest BCUT2D eigenvalue weighted by molar-refractivity contribution is 5.08. The van der Waals surface area contributed by atoms with E-state index >= 15 is 0 Å². The van der Waals surface area contributed by atoms with Crippen LogP contribution in [-0.4, -0.2) is 9.97 Å². The third-order valence-electron chi connectivity index (χ3n) is 2.86. The zero-order chi connectivity index (χ0) is 8.55. The number of aromatic nitrogens is 2. The smallest absolute Gasteiger partial charge is 0.103 e. The Bertz CT molecular complexity index is 265. The molecule has 0 aliphatic heterocycles. The van der Waals surface area contributed by atoms with Crippen LogP contribution in [0.2, 0.25) is 0 Å². The fourth-order valence-corrected chi connectivity index (χ4v) is 2.14. The van der Waals surface area contributed by atoms with Crippen LogP contribution in [0, 0.1) is 12.8 Å². The van der Waals surface area contributed by atoms with Crippen LogP contribution < -0.4 is 0 Å². The van der Waals surface area contributed by atoms with Crippen molar-refractivity contribution >= 4 is 0 Å². The van der Waals surface area contributed by atoms with E-state index in [1.807, 2.05) is 13.1 Å². The van der Waals surface area contributed by atoms with Crippen molar-refractivity contribution in [1.82, 2.24) is 9.97 Å². The molecule has 2 rings (SSSR count). The van der Waals surface area contributed by atoms with Gasteiger partial charge in [0.2, 0.25) is 0 Å². The molecule has 1 fully saturated rings. The van der Waals surface area contributed by atoms with Gasteiger partial charge in [0.1, 0.15) is 5.82 Å². The molecule has 1 aromatic rings. The van der Waals surface area contributed by atoms with E-state index in [-0.39, 0.29) is 0 Å². The van der Waals surface area contributed by atoms with Gasteiger partial charge >= 0.3 is 0 Å². The third kappa shape index (κ3) is 1.38. The topological polar surface area (TPSA) is 28.7 Å². The van der Waals surface area contributed by atoms with Crippen LogP contribution in [0.3, 0.4) is 0 Å². The van der Waals surface area contributed by atoms with E-state index in [2.05, 4.69) is 16.9 Å². The predicted molar refractivity (Wildman–Crippen MR) is 49.1 cm³/mol. The maximum atomic E-state index is 4.23. The summed E-state index contributed by atoms with van der Waals surface area (Å²) in [5, 5.41) is 0. The van der Waals surface area contributed by atoms with Crippen LogP contribution >= 0.6 is 0 Å². The van der Waals surface area contributed by atoms with Gasteiger partial charge in [-0.05, 0) is 25.7 Å². The Balaban J connectivity index is 2.11. The van der Waals surface area contributed by atoms with Gasteiger partial charge in [-0.2, -0.15) is 0 Å². The standard InChI is InChI=1S/C10H16N2/c1-7-3-4-9(5-7)10-6-11-8(2)12-10/h6-7,9H,3-5H2,1-2H3,(H,11,12). The van der Waals surface area contributed by atoms with Gasteiger partial charge in [0, 0.05) is 17.8 Å². The lowest BCUT2D eigenvalue weighted by molar-refractivity contribution is 0.593. The number of rotatable bonds is 1. The van der Waals surface area contributed by atoms with Crippen molar-refractivity contribution in [2.45, 2.75) is 39.0 Å². The molecule has 2 unspecified atom stereocenters. The quantitative estimate of drug-likeness (QED) is 0.679. The number of hydrogen-bond donors (Lipinski definition) is 1. The van der Waals surface area contributed by atoms with Crippen LogP contribution in [0.5, 0.6) is 0 Å². The summed E-state index contributed by atoms with van der Waals surface area (Å²) in [4.78, 5) is 7.56. The zero-order valence-electron chi connectivity index (χ0n) is 7.80. The van der Waals surface area contributed by atoms with Gasteiger partial charge in [0.15, 0.2) is 0 Å². The van der Waals surface area contributed by atoms with E-state index in [0.29, 0.717) is 0 Å². The molecule has 1 aliphatic rings. The Hall–Kier alpha value is -0.790. The molecule has 0 aromatic carbocycles. The fraction of sp³-hybridized carbons (Fsp3) is 0.700. The van der Waals surface area contributed by atoms with Crippen molar-refractivity contribution < 1.29 is 0 Å². The van der Waals surface area contributed by atoms with Crippen molar-refractivity contribution in [3.05, 3.63) is 17.7 Å². The van der Waals surface area contributed by atoms with Crippen molar-refractivity contribution in [2.75, 3.05) is 0 Å². The van der Waals surface area contributed by atoms with Crippen LogP contribution in [0.4, 0.5) is 0 Å². The van der Waals surface area contributed by atoms with Gasteiger partial charge in [0.05, 0.1) is 0 Å². The predicted octanol–water partition coefficient (Wildman–Crippen LogP) is 2.62. The molecule has 0 amide bonds. The highest BCUT2D eigenvalue weighted by atomic mass is 14.9. The van der Waals surface area contributed by atoms with E-state index in [1.54, 1.807) is 0 Å². The monoisotopic (exact) mass is 164 g/mol. The molecule has 1 heterocycles. The molecular weight excluding hydrogens is 148 g/mol. The van der Waals surface area contributed by atoms with Crippen LogP contribution in [0.1, 0.15) is 43.6 Å². The Morgan fingerprint density at radius 3 is 2.83 bits per heavy atom. The molecular formula is C10H16N2. The Morgan fingerprint density at radius 2 is 2.33 bits per heavy atom. The lowest BCUT2D eigenvalue weighted by atomic mass is 10.0. The second-order valence-corrected chi connectivity index (χ2v) is 4.04. The van der Waals surface area contributed by atoms with Gasteiger partial charge < -0.3 is 4.98 Å². The molecule has 0 saturated heterocycles. The summed E-state index contributed by atoms with van der Waals surface area (Å²) < 4.78 is 0. The molecule has 1 aliphatic carbocycles. The summed E-state index contributed by atoms with van der Waals surface area (Å²) in [6, 6.07) is 0. The van der Waals surface area contributed by atoms with Gasteiger partial charge in [-0.15, -0.1) is 0 Å². The second-order valence-electron chi connectivity index (χ2n) is 4.04. The molecule has 1 N–H and O–H groups in total. The van der Waals surface area contributed by atoms with Crippen molar-refractivity contribution in [3.63, 3.8) is 0 Å². The van der Waals surface area contributed by atoms with Crippen LogP contribution in [-0.2, 0) is 0 Å². The SMILES string of the molecule is Cc1ncc(C2CCC(C)C2)[nH]1. The minimum absolute atomic E-state index is 0.751. The normalized spacial score (nSPS) is 29.5. The minimum atomic E-state index is 0.751. The summed E-state index contributed by atoms with van der Waals surface area (Å²) in [5.41, 5.74) is 1.34. The van der Waals surface area contributed by atoms with E-state index < -0.39 is 0 Å². The molecule has 1 saturated carbocycles. The first-order chi connectivity index (χ1) is 5.75. The first-order valence-corrected chi connectivity index (χ1v) is 4.77. The fourth-order valence-electron chi connectivity index (χ4n) is 2.14. The maximum absolute atomic E-state index is 4.23. The summed E-state index contributed by atoms with van der Waals surface area (Å²) in [7, 11) is 0.